The molecule has 35 heteroatoms. The standard InChI is InChI=1S/C20H9F33O2/c21-5(22,1-3-55-4-2-54)6(23,24)7(25,26)8(27,28)9(29,30)10(31,32)11(33,34)12(35,36)13(37,38)14(39,40)15(41,42)16(43,44)17(45,46)18(47,48)19(49,50)20(51,52)53/h54H,1-4H2. The topological polar surface area (TPSA) is 29.5 Å². The van der Waals surface area contributed by atoms with E-state index in [0.29, 0.717) is 0 Å². The van der Waals surface area contributed by atoms with Gasteiger partial charge in [0.15, 0.2) is 0 Å². The Balaban J connectivity index is 7.59. The lowest BCUT2D eigenvalue weighted by Gasteiger charge is -2.47. The number of alkyl halides is 33. The maximum atomic E-state index is 13.9. The molecular weight excluding hydrogens is 899 g/mol. The van der Waals surface area contributed by atoms with Gasteiger partial charge in [0.25, 0.3) is 0 Å². The molecule has 0 spiro atoms. The average molecular weight is 908 g/mol. The van der Waals surface area contributed by atoms with E-state index < -0.39 is 121 Å². The first-order valence-electron chi connectivity index (χ1n) is 12.2. The van der Waals surface area contributed by atoms with Gasteiger partial charge in [0.1, 0.15) is 0 Å². The Kier molecular flexibility index (Phi) is 13.0. The van der Waals surface area contributed by atoms with Gasteiger partial charge >= 0.3 is 95.0 Å². The molecular formula is C20H9F33O2. The number of aliphatic hydroxyl groups excluding tert-OH is 1. The number of hydrogen-bond donors (Lipinski definition) is 1. The van der Waals surface area contributed by atoms with Gasteiger partial charge in [-0.05, 0) is 0 Å². The van der Waals surface area contributed by atoms with Crippen molar-refractivity contribution >= 4 is 0 Å². The van der Waals surface area contributed by atoms with E-state index in [2.05, 4.69) is 4.74 Å². The Labute approximate surface area is 277 Å². The first-order chi connectivity index (χ1) is 23.3. The summed E-state index contributed by atoms with van der Waals surface area (Å²) in [5, 5.41) is 8.24. The van der Waals surface area contributed by atoms with E-state index in [4.69, 9.17) is 5.11 Å². The number of ether oxygens (including phenoxy) is 1. The van der Waals surface area contributed by atoms with Gasteiger partial charge in [-0.15, -0.1) is 0 Å². The Morgan fingerprint density at radius 1 is 0.255 bits per heavy atom. The molecule has 0 aromatic rings. The highest BCUT2D eigenvalue weighted by Crippen LogP contribution is 2.70. The van der Waals surface area contributed by atoms with Crippen LogP contribution in [0.1, 0.15) is 6.42 Å². The molecule has 0 rings (SSSR count). The van der Waals surface area contributed by atoms with Crippen LogP contribution in [0.5, 0.6) is 0 Å². The zero-order chi connectivity index (χ0) is 45.5. The Morgan fingerprint density at radius 2 is 0.436 bits per heavy atom. The third-order valence-electron chi connectivity index (χ3n) is 6.74. The van der Waals surface area contributed by atoms with Gasteiger partial charge < -0.3 is 9.84 Å². The maximum Gasteiger partial charge on any atom is 0.460 e. The van der Waals surface area contributed by atoms with Crippen molar-refractivity contribution in [1.29, 1.82) is 0 Å². The average Bonchev–Trinajstić information content (AvgIpc) is 2.97. The Hall–Kier alpha value is -2.39. The van der Waals surface area contributed by atoms with Crippen LogP contribution >= 0.6 is 0 Å². The highest BCUT2D eigenvalue weighted by molar-refractivity contribution is 5.22. The SMILES string of the molecule is OCCOCCC(F)(F)C(F)(F)C(F)(F)C(F)(F)C(F)(F)C(F)(F)C(F)(F)C(F)(F)C(F)(F)C(F)(F)C(F)(F)C(F)(F)C(F)(F)C(F)(F)C(F)(F)C(F)(F)F. The molecule has 0 saturated heterocycles. The predicted molar refractivity (Wildman–Crippen MR) is 103 cm³/mol. The molecule has 0 aliphatic rings. The second kappa shape index (κ2) is 13.6. The third kappa shape index (κ3) is 6.52. The summed E-state index contributed by atoms with van der Waals surface area (Å²) in [4.78, 5) is 0. The minimum atomic E-state index is -10.2. The molecule has 0 aromatic carbocycles. The highest BCUT2D eigenvalue weighted by atomic mass is 19.4. The molecule has 0 amide bonds. The van der Waals surface area contributed by atoms with E-state index in [-0.39, 0.29) is 0 Å². The molecule has 0 aliphatic heterocycles. The van der Waals surface area contributed by atoms with Crippen molar-refractivity contribution in [3.63, 3.8) is 0 Å². The van der Waals surface area contributed by atoms with E-state index in [9.17, 15) is 145 Å². The highest BCUT2D eigenvalue weighted by Gasteiger charge is 3.01. The van der Waals surface area contributed by atoms with Crippen LogP contribution in [0.15, 0.2) is 0 Å². The molecule has 0 saturated carbocycles. The van der Waals surface area contributed by atoms with E-state index >= 15 is 0 Å². The fourth-order valence-corrected chi connectivity index (χ4v) is 3.30. The van der Waals surface area contributed by atoms with Crippen LogP contribution in [-0.2, 0) is 4.74 Å². The summed E-state index contributed by atoms with van der Waals surface area (Å²) in [7, 11) is 0. The molecule has 0 unspecified atom stereocenters. The summed E-state index contributed by atoms with van der Waals surface area (Å²) in [6.07, 6.45) is -11.5. The smallest absolute Gasteiger partial charge is 0.394 e. The van der Waals surface area contributed by atoms with Crippen molar-refractivity contribution in [2.75, 3.05) is 19.8 Å². The molecule has 0 bridgehead atoms. The summed E-state index contributed by atoms with van der Waals surface area (Å²) in [6.45, 7) is -4.61. The quantitative estimate of drug-likeness (QED) is 0.103. The second-order valence-corrected chi connectivity index (χ2v) is 10.3. The number of aliphatic hydroxyl groups is 1. The molecule has 0 fully saturated rings. The minimum Gasteiger partial charge on any atom is -0.394 e. The number of rotatable bonds is 19. The van der Waals surface area contributed by atoms with Crippen LogP contribution in [0.4, 0.5) is 145 Å². The third-order valence-corrected chi connectivity index (χ3v) is 6.74. The van der Waals surface area contributed by atoms with Gasteiger partial charge in [-0.1, -0.05) is 0 Å². The normalized spacial score (nSPS) is 16.9. The zero-order valence-corrected chi connectivity index (χ0v) is 24.2. The zero-order valence-electron chi connectivity index (χ0n) is 24.2. The monoisotopic (exact) mass is 908 g/mol. The molecule has 0 aromatic heterocycles. The van der Waals surface area contributed by atoms with Gasteiger partial charge in [-0.2, -0.15) is 145 Å². The Bertz CT molecular complexity index is 1340. The molecule has 0 aliphatic carbocycles. The fourth-order valence-electron chi connectivity index (χ4n) is 3.30. The minimum absolute atomic E-state index is 1.22. The largest absolute Gasteiger partial charge is 0.460 e. The summed E-state index contributed by atoms with van der Waals surface area (Å²) >= 11 is 0. The van der Waals surface area contributed by atoms with E-state index in [1.165, 1.54) is 0 Å². The van der Waals surface area contributed by atoms with Crippen LogP contribution in [-0.4, -0.2) is 120 Å². The Morgan fingerprint density at radius 3 is 0.618 bits per heavy atom. The predicted octanol–water partition coefficient (Wildman–Crippen LogP) is 10.5. The molecule has 0 heterocycles. The number of hydrogen-bond acceptors (Lipinski definition) is 2. The summed E-state index contributed by atoms with van der Waals surface area (Å²) < 4.78 is 450. The van der Waals surface area contributed by atoms with Crippen molar-refractivity contribution in [3.05, 3.63) is 0 Å². The molecule has 55 heavy (non-hydrogen) atoms. The van der Waals surface area contributed by atoms with Crippen LogP contribution in [0.25, 0.3) is 0 Å². The maximum absolute atomic E-state index is 13.9. The molecule has 2 nitrogen and oxygen atoms in total. The van der Waals surface area contributed by atoms with Gasteiger partial charge in [0, 0.05) is 6.42 Å². The van der Waals surface area contributed by atoms with Crippen molar-refractivity contribution < 1.29 is 155 Å². The van der Waals surface area contributed by atoms with Crippen molar-refractivity contribution in [1.82, 2.24) is 0 Å². The van der Waals surface area contributed by atoms with Crippen molar-refractivity contribution in [2.24, 2.45) is 0 Å². The van der Waals surface area contributed by atoms with Crippen molar-refractivity contribution in [2.45, 2.75) is 101 Å². The van der Waals surface area contributed by atoms with Gasteiger partial charge in [0.2, 0.25) is 0 Å². The lowest BCUT2D eigenvalue weighted by Crippen LogP contribution is -2.80. The molecule has 332 valence electrons. The van der Waals surface area contributed by atoms with Crippen LogP contribution < -0.4 is 0 Å². The molecule has 0 radical (unpaired) electrons. The van der Waals surface area contributed by atoms with Gasteiger partial charge in [-0.25, -0.2) is 0 Å². The van der Waals surface area contributed by atoms with E-state index in [1.54, 1.807) is 0 Å². The summed E-state index contributed by atoms with van der Waals surface area (Å²) in [6, 6.07) is 0. The first kappa shape index (κ1) is 52.6. The van der Waals surface area contributed by atoms with Gasteiger partial charge in [0.05, 0.1) is 19.8 Å². The summed E-state index contributed by atoms with van der Waals surface area (Å²) in [5.74, 6) is -143. The van der Waals surface area contributed by atoms with Gasteiger partial charge in [-0.3, -0.25) is 0 Å². The van der Waals surface area contributed by atoms with E-state index in [1.807, 2.05) is 0 Å². The van der Waals surface area contributed by atoms with Crippen LogP contribution in [0, 0.1) is 0 Å². The molecule has 0 atom stereocenters. The van der Waals surface area contributed by atoms with Crippen molar-refractivity contribution in [3.8, 4) is 0 Å². The van der Waals surface area contributed by atoms with Crippen LogP contribution in [0.3, 0.4) is 0 Å². The first-order valence-corrected chi connectivity index (χ1v) is 12.2. The second-order valence-electron chi connectivity index (χ2n) is 10.3. The summed E-state index contributed by atoms with van der Waals surface area (Å²) in [5.41, 5.74) is 0. The van der Waals surface area contributed by atoms with E-state index in [0.717, 1.165) is 0 Å². The lowest BCUT2D eigenvalue weighted by atomic mass is 9.82. The van der Waals surface area contributed by atoms with Crippen LogP contribution in [0.2, 0.25) is 0 Å². The molecule has 1 N–H and O–H groups in total. The number of halogens is 33. The fraction of sp³-hybridized carbons (Fsp3) is 1.00. The lowest BCUT2D eigenvalue weighted by molar-refractivity contribution is -0.491.